The molecule has 0 amide bonds. The van der Waals surface area contributed by atoms with Crippen LogP contribution in [0.2, 0.25) is 0 Å². The Bertz CT molecular complexity index is 320. The molecule has 0 spiro atoms. The maximum Gasteiger partial charge on any atom is 0.0555 e. The lowest BCUT2D eigenvalue weighted by Gasteiger charge is -2.38. The Kier molecular flexibility index (Phi) is 3.07. The molecule has 1 fully saturated rings. The first kappa shape index (κ1) is 10.6. The highest BCUT2D eigenvalue weighted by Gasteiger charge is 2.31. The summed E-state index contributed by atoms with van der Waals surface area (Å²) in [6.45, 7) is 1.92. The SMILES string of the molecule is CN1CCC[C@@H](CN)[C@H]1c1ccnn1C. The minimum absolute atomic E-state index is 0.441. The number of piperidine rings is 1. The van der Waals surface area contributed by atoms with E-state index in [2.05, 4.69) is 23.1 Å². The van der Waals surface area contributed by atoms with E-state index in [9.17, 15) is 0 Å². The van der Waals surface area contributed by atoms with Crippen molar-refractivity contribution in [1.29, 1.82) is 0 Å². The van der Waals surface area contributed by atoms with Crippen molar-refractivity contribution in [3.8, 4) is 0 Å². The van der Waals surface area contributed by atoms with Crippen LogP contribution in [0.3, 0.4) is 0 Å². The molecule has 0 saturated carbocycles. The van der Waals surface area contributed by atoms with Crippen molar-refractivity contribution in [3.05, 3.63) is 18.0 Å². The maximum atomic E-state index is 5.86. The molecule has 2 rings (SSSR count). The topological polar surface area (TPSA) is 47.1 Å². The summed E-state index contributed by atoms with van der Waals surface area (Å²) in [6, 6.07) is 2.55. The second-order valence-electron chi connectivity index (χ2n) is 4.44. The van der Waals surface area contributed by atoms with Crippen molar-refractivity contribution >= 4 is 0 Å². The van der Waals surface area contributed by atoms with Crippen molar-refractivity contribution in [2.45, 2.75) is 18.9 Å². The Morgan fingerprint density at radius 3 is 2.93 bits per heavy atom. The Labute approximate surface area is 91.1 Å². The van der Waals surface area contributed by atoms with Crippen molar-refractivity contribution < 1.29 is 0 Å². The van der Waals surface area contributed by atoms with Crippen LogP contribution in [0.25, 0.3) is 0 Å². The first-order valence-electron chi connectivity index (χ1n) is 5.62. The molecule has 0 aliphatic carbocycles. The van der Waals surface area contributed by atoms with Gasteiger partial charge in [0.1, 0.15) is 0 Å². The number of aromatic nitrogens is 2. The van der Waals surface area contributed by atoms with E-state index in [0.29, 0.717) is 12.0 Å². The number of likely N-dealkylation sites (tertiary alicyclic amines) is 1. The Morgan fingerprint density at radius 1 is 1.53 bits per heavy atom. The minimum atomic E-state index is 0.441. The molecule has 0 bridgehead atoms. The van der Waals surface area contributed by atoms with E-state index >= 15 is 0 Å². The van der Waals surface area contributed by atoms with Gasteiger partial charge in [-0.1, -0.05) is 0 Å². The second-order valence-corrected chi connectivity index (χ2v) is 4.44. The molecule has 0 radical (unpaired) electrons. The van der Waals surface area contributed by atoms with Crippen LogP contribution in [0.5, 0.6) is 0 Å². The fraction of sp³-hybridized carbons (Fsp3) is 0.727. The van der Waals surface area contributed by atoms with Crippen LogP contribution in [0, 0.1) is 5.92 Å². The summed E-state index contributed by atoms with van der Waals surface area (Å²) in [4.78, 5) is 2.40. The normalized spacial score (nSPS) is 28.2. The fourth-order valence-electron chi connectivity index (χ4n) is 2.65. The highest BCUT2D eigenvalue weighted by Crippen LogP contribution is 2.33. The second kappa shape index (κ2) is 4.33. The lowest BCUT2D eigenvalue weighted by atomic mass is 9.87. The van der Waals surface area contributed by atoms with Crippen molar-refractivity contribution in [2.75, 3.05) is 20.1 Å². The zero-order valence-electron chi connectivity index (χ0n) is 9.56. The van der Waals surface area contributed by atoms with Gasteiger partial charge in [-0.15, -0.1) is 0 Å². The van der Waals surface area contributed by atoms with Crippen LogP contribution in [-0.4, -0.2) is 34.8 Å². The maximum absolute atomic E-state index is 5.86. The smallest absolute Gasteiger partial charge is 0.0555 e. The highest BCUT2D eigenvalue weighted by atomic mass is 15.3. The predicted molar refractivity (Wildman–Crippen MR) is 60.4 cm³/mol. The van der Waals surface area contributed by atoms with E-state index < -0.39 is 0 Å². The zero-order chi connectivity index (χ0) is 10.8. The molecule has 1 aliphatic heterocycles. The summed E-state index contributed by atoms with van der Waals surface area (Å²) in [6.07, 6.45) is 4.36. The van der Waals surface area contributed by atoms with Gasteiger partial charge in [0.15, 0.2) is 0 Å². The molecule has 4 heteroatoms. The van der Waals surface area contributed by atoms with Gasteiger partial charge in [0, 0.05) is 13.2 Å². The molecule has 1 aliphatic rings. The van der Waals surface area contributed by atoms with E-state index in [1.807, 2.05) is 17.9 Å². The lowest BCUT2D eigenvalue weighted by molar-refractivity contribution is 0.118. The average molecular weight is 208 g/mol. The van der Waals surface area contributed by atoms with Gasteiger partial charge in [0.25, 0.3) is 0 Å². The molecule has 2 N–H and O–H groups in total. The van der Waals surface area contributed by atoms with Crippen LogP contribution in [0.15, 0.2) is 12.3 Å². The van der Waals surface area contributed by atoms with Gasteiger partial charge in [-0.05, 0) is 45.0 Å². The van der Waals surface area contributed by atoms with Gasteiger partial charge < -0.3 is 5.73 Å². The van der Waals surface area contributed by atoms with Crippen molar-refractivity contribution in [2.24, 2.45) is 18.7 Å². The van der Waals surface area contributed by atoms with Crippen molar-refractivity contribution in [1.82, 2.24) is 14.7 Å². The molecule has 15 heavy (non-hydrogen) atoms. The van der Waals surface area contributed by atoms with E-state index in [4.69, 9.17) is 5.73 Å². The molecular formula is C11H20N4. The third-order valence-electron chi connectivity index (χ3n) is 3.47. The molecule has 4 nitrogen and oxygen atoms in total. The number of hydrogen-bond donors (Lipinski definition) is 1. The molecule has 0 unspecified atom stereocenters. The van der Waals surface area contributed by atoms with Gasteiger partial charge in [-0.3, -0.25) is 9.58 Å². The molecule has 1 saturated heterocycles. The molecule has 1 aromatic rings. The predicted octanol–water partition coefficient (Wildman–Crippen LogP) is 0.762. The summed E-state index contributed by atoms with van der Waals surface area (Å²) in [5.41, 5.74) is 7.14. The molecule has 2 atom stereocenters. The summed E-state index contributed by atoms with van der Waals surface area (Å²) >= 11 is 0. The Hall–Kier alpha value is -0.870. The quantitative estimate of drug-likeness (QED) is 0.780. The Balaban J connectivity index is 2.27. The number of rotatable bonds is 2. The van der Waals surface area contributed by atoms with Crippen LogP contribution in [-0.2, 0) is 7.05 Å². The summed E-state index contributed by atoms with van der Waals surface area (Å²) < 4.78 is 1.97. The van der Waals surface area contributed by atoms with Gasteiger partial charge in [-0.25, -0.2) is 0 Å². The Morgan fingerprint density at radius 2 is 2.33 bits per heavy atom. The van der Waals surface area contributed by atoms with E-state index in [1.165, 1.54) is 18.5 Å². The first-order chi connectivity index (χ1) is 7.24. The van der Waals surface area contributed by atoms with Crippen LogP contribution in [0.1, 0.15) is 24.6 Å². The number of nitrogens with two attached hydrogens (primary N) is 1. The van der Waals surface area contributed by atoms with Gasteiger partial charge in [0.2, 0.25) is 0 Å². The first-order valence-corrected chi connectivity index (χ1v) is 5.62. The van der Waals surface area contributed by atoms with Gasteiger partial charge in [-0.2, -0.15) is 5.10 Å². The summed E-state index contributed by atoms with van der Waals surface area (Å²) in [5, 5.41) is 4.24. The summed E-state index contributed by atoms with van der Waals surface area (Å²) in [5.74, 6) is 0.569. The molecule has 1 aromatic heterocycles. The molecule has 84 valence electrons. The monoisotopic (exact) mass is 208 g/mol. The lowest BCUT2D eigenvalue weighted by Crippen LogP contribution is -2.40. The third-order valence-corrected chi connectivity index (χ3v) is 3.47. The number of aryl methyl sites for hydroxylation is 1. The van der Waals surface area contributed by atoms with Crippen molar-refractivity contribution in [3.63, 3.8) is 0 Å². The third kappa shape index (κ3) is 1.92. The molecule has 2 heterocycles. The number of hydrogen-bond acceptors (Lipinski definition) is 3. The fourth-order valence-corrected chi connectivity index (χ4v) is 2.65. The van der Waals surface area contributed by atoms with E-state index in [-0.39, 0.29) is 0 Å². The largest absolute Gasteiger partial charge is 0.330 e. The molecular weight excluding hydrogens is 188 g/mol. The number of nitrogens with zero attached hydrogens (tertiary/aromatic N) is 3. The zero-order valence-corrected chi connectivity index (χ0v) is 9.56. The average Bonchev–Trinajstić information content (AvgIpc) is 2.64. The summed E-state index contributed by atoms with van der Waals surface area (Å²) in [7, 11) is 4.19. The highest BCUT2D eigenvalue weighted by molar-refractivity contribution is 5.09. The minimum Gasteiger partial charge on any atom is -0.330 e. The van der Waals surface area contributed by atoms with E-state index in [0.717, 1.165) is 13.1 Å². The standard InChI is InChI=1S/C11H20N4/c1-14-7-3-4-9(8-12)11(14)10-5-6-13-15(10)2/h5-6,9,11H,3-4,7-8,12H2,1-2H3/t9-,11-/m0/s1. The van der Waals surface area contributed by atoms with Crippen LogP contribution >= 0.6 is 0 Å². The van der Waals surface area contributed by atoms with Gasteiger partial charge >= 0.3 is 0 Å². The van der Waals surface area contributed by atoms with Crippen LogP contribution < -0.4 is 5.73 Å². The van der Waals surface area contributed by atoms with Crippen LogP contribution in [0.4, 0.5) is 0 Å². The molecule has 0 aromatic carbocycles. The van der Waals surface area contributed by atoms with E-state index in [1.54, 1.807) is 0 Å². The van der Waals surface area contributed by atoms with Gasteiger partial charge in [0.05, 0.1) is 11.7 Å².